The van der Waals surface area contributed by atoms with Crippen molar-refractivity contribution in [3.05, 3.63) is 29.8 Å². The molecule has 1 N–H and O–H groups in total. The van der Waals surface area contributed by atoms with Crippen LogP contribution in [-0.2, 0) is 23.8 Å². The number of amides is 2. The highest BCUT2D eigenvalue weighted by Crippen LogP contribution is 2.23. The molecule has 0 bridgehead atoms. The summed E-state index contributed by atoms with van der Waals surface area (Å²) in [6.45, 7) is 12.5. The normalized spacial score (nSPS) is 16.4. The number of nitrogens with zero attached hydrogens (tertiary/aromatic N) is 1. The molecule has 2 amide bonds. The summed E-state index contributed by atoms with van der Waals surface area (Å²) >= 11 is 0. The molecule has 2 rings (SSSR count). The van der Waals surface area contributed by atoms with Gasteiger partial charge in [-0.15, -0.1) is 0 Å². The Bertz CT molecular complexity index is 914. The molecule has 1 saturated heterocycles. The average Bonchev–Trinajstić information content (AvgIpc) is 2.72. The molecule has 0 aliphatic carbocycles. The summed E-state index contributed by atoms with van der Waals surface area (Å²) in [6.07, 6.45) is 2.08. The van der Waals surface area contributed by atoms with Crippen molar-refractivity contribution in [3.63, 3.8) is 0 Å². The molecule has 1 atom stereocenters. The number of benzene rings is 1. The number of alkyl carbamates (subject to hydrolysis) is 1. The summed E-state index contributed by atoms with van der Waals surface area (Å²) in [5.74, 6) is 0.407. The van der Waals surface area contributed by atoms with Gasteiger partial charge in [0.15, 0.2) is 0 Å². The van der Waals surface area contributed by atoms with E-state index in [2.05, 4.69) is 5.32 Å². The van der Waals surface area contributed by atoms with Crippen molar-refractivity contribution in [1.29, 1.82) is 0 Å². The highest BCUT2D eigenvalue weighted by Gasteiger charge is 2.31. The second-order valence-electron chi connectivity index (χ2n) is 10.5. The van der Waals surface area contributed by atoms with Crippen molar-refractivity contribution in [2.45, 2.75) is 83.8 Å². The standard InChI is InChI=1S/C25H40N2O6S/c1-18(2)17-22(26-24(29)33-25(4,5)6)23(28)27-14-11-20(12-15-27)13-16-32-34(30,31)21-9-7-19(3)8-10-21/h7-10,18,20,22H,11-17H2,1-6H3,(H,26,29)/t22-/m0/s1. The van der Waals surface area contributed by atoms with E-state index in [4.69, 9.17) is 8.92 Å². The Morgan fingerprint density at radius 1 is 1.12 bits per heavy atom. The van der Waals surface area contributed by atoms with Gasteiger partial charge in [0, 0.05) is 13.1 Å². The van der Waals surface area contributed by atoms with Crippen LogP contribution in [0.3, 0.4) is 0 Å². The van der Waals surface area contributed by atoms with Crippen LogP contribution in [0.2, 0.25) is 0 Å². The first-order valence-corrected chi connectivity index (χ1v) is 13.4. The van der Waals surface area contributed by atoms with E-state index < -0.39 is 27.9 Å². The lowest BCUT2D eigenvalue weighted by molar-refractivity contribution is -0.135. The molecule has 0 unspecified atom stereocenters. The van der Waals surface area contributed by atoms with Gasteiger partial charge in [-0.3, -0.25) is 8.98 Å². The molecule has 1 heterocycles. The number of carbonyl (C=O) groups is 2. The van der Waals surface area contributed by atoms with E-state index in [0.717, 1.165) is 18.4 Å². The summed E-state index contributed by atoms with van der Waals surface area (Å²) in [5, 5.41) is 2.74. The molecule has 8 nitrogen and oxygen atoms in total. The highest BCUT2D eigenvalue weighted by molar-refractivity contribution is 7.86. The van der Waals surface area contributed by atoms with Gasteiger partial charge in [-0.25, -0.2) is 4.79 Å². The third-order valence-electron chi connectivity index (χ3n) is 5.70. The monoisotopic (exact) mass is 496 g/mol. The van der Waals surface area contributed by atoms with Gasteiger partial charge in [-0.05, 0) is 77.3 Å². The first-order chi connectivity index (χ1) is 15.8. The Balaban J connectivity index is 1.84. The summed E-state index contributed by atoms with van der Waals surface area (Å²) < 4.78 is 35.2. The number of piperidine rings is 1. The summed E-state index contributed by atoms with van der Waals surface area (Å²) in [4.78, 5) is 27.3. The predicted octanol–water partition coefficient (Wildman–Crippen LogP) is 4.27. The van der Waals surface area contributed by atoms with Crippen molar-refractivity contribution in [3.8, 4) is 0 Å². The van der Waals surface area contributed by atoms with Crippen molar-refractivity contribution in [2.24, 2.45) is 11.8 Å². The molecule has 1 aliphatic heterocycles. The largest absolute Gasteiger partial charge is 0.444 e. The van der Waals surface area contributed by atoms with Crippen LogP contribution in [0.1, 0.15) is 65.9 Å². The van der Waals surface area contributed by atoms with E-state index in [0.29, 0.717) is 25.9 Å². The smallest absolute Gasteiger partial charge is 0.408 e. The topological polar surface area (TPSA) is 102 Å². The molecule has 9 heteroatoms. The quantitative estimate of drug-likeness (QED) is 0.512. The van der Waals surface area contributed by atoms with Gasteiger partial charge in [-0.2, -0.15) is 8.42 Å². The van der Waals surface area contributed by atoms with Crippen LogP contribution in [0.15, 0.2) is 29.2 Å². The van der Waals surface area contributed by atoms with Crippen LogP contribution in [0.5, 0.6) is 0 Å². The van der Waals surface area contributed by atoms with Gasteiger partial charge in [0.2, 0.25) is 5.91 Å². The number of hydrogen-bond donors (Lipinski definition) is 1. The van der Waals surface area contributed by atoms with E-state index in [1.165, 1.54) is 0 Å². The second kappa shape index (κ2) is 12.0. The van der Waals surface area contributed by atoms with Crippen molar-refractivity contribution in [2.75, 3.05) is 19.7 Å². The molecule has 1 aliphatic rings. The molecule has 0 aromatic heterocycles. The number of likely N-dealkylation sites (tertiary alicyclic amines) is 1. The molecule has 0 radical (unpaired) electrons. The van der Waals surface area contributed by atoms with Gasteiger partial charge in [0.25, 0.3) is 10.1 Å². The zero-order chi connectivity index (χ0) is 25.5. The number of ether oxygens (including phenoxy) is 1. The second-order valence-corrected chi connectivity index (χ2v) is 12.1. The Morgan fingerprint density at radius 2 is 1.71 bits per heavy atom. The third-order valence-corrected chi connectivity index (χ3v) is 7.02. The van der Waals surface area contributed by atoms with Crippen LogP contribution in [-0.4, -0.2) is 56.7 Å². The molecule has 1 aromatic rings. The summed E-state index contributed by atoms with van der Waals surface area (Å²) in [5.41, 5.74) is 0.347. The minimum absolute atomic E-state index is 0.101. The van der Waals surface area contributed by atoms with Crippen LogP contribution in [0.4, 0.5) is 4.79 Å². The number of carbonyl (C=O) groups excluding carboxylic acids is 2. The van der Waals surface area contributed by atoms with Gasteiger partial charge in [0.1, 0.15) is 11.6 Å². The molecule has 34 heavy (non-hydrogen) atoms. The molecule has 0 spiro atoms. The molecule has 1 fully saturated rings. The van der Waals surface area contributed by atoms with E-state index in [1.807, 2.05) is 20.8 Å². The van der Waals surface area contributed by atoms with Gasteiger partial charge >= 0.3 is 6.09 Å². The maximum atomic E-state index is 13.1. The molecule has 1 aromatic carbocycles. The fraction of sp³-hybridized carbons (Fsp3) is 0.680. The van der Waals surface area contributed by atoms with Crippen LogP contribution < -0.4 is 5.32 Å². The predicted molar refractivity (Wildman–Crippen MR) is 131 cm³/mol. The maximum Gasteiger partial charge on any atom is 0.408 e. The van der Waals surface area contributed by atoms with Crippen LogP contribution >= 0.6 is 0 Å². The fourth-order valence-electron chi connectivity index (χ4n) is 3.90. The Morgan fingerprint density at radius 3 is 2.24 bits per heavy atom. The SMILES string of the molecule is Cc1ccc(S(=O)(=O)OCCC2CCN(C(=O)[C@H](CC(C)C)NC(=O)OC(C)(C)C)CC2)cc1. The average molecular weight is 497 g/mol. The van der Waals surface area contributed by atoms with Gasteiger partial charge in [-0.1, -0.05) is 31.5 Å². The molecular weight excluding hydrogens is 456 g/mol. The number of rotatable bonds is 9. The minimum Gasteiger partial charge on any atom is -0.444 e. The first kappa shape index (κ1) is 28.1. The van der Waals surface area contributed by atoms with E-state index in [1.54, 1.807) is 49.9 Å². The number of nitrogens with one attached hydrogen (secondary N) is 1. The van der Waals surface area contributed by atoms with Crippen molar-refractivity contribution in [1.82, 2.24) is 10.2 Å². The van der Waals surface area contributed by atoms with Gasteiger partial charge in [0.05, 0.1) is 11.5 Å². The Kier molecular flexibility index (Phi) is 9.94. The summed E-state index contributed by atoms with van der Waals surface area (Å²) in [7, 11) is -3.77. The fourth-order valence-corrected chi connectivity index (χ4v) is 4.82. The van der Waals surface area contributed by atoms with E-state index in [9.17, 15) is 18.0 Å². The lowest BCUT2D eigenvalue weighted by Crippen LogP contribution is -2.52. The number of aryl methyl sites for hydroxylation is 1. The van der Waals surface area contributed by atoms with Crippen LogP contribution in [0, 0.1) is 18.8 Å². The highest BCUT2D eigenvalue weighted by atomic mass is 32.2. The third kappa shape index (κ3) is 9.25. The first-order valence-electron chi connectivity index (χ1n) is 12.0. The lowest BCUT2D eigenvalue weighted by Gasteiger charge is -2.35. The zero-order valence-corrected chi connectivity index (χ0v) is 22.1. The van der Waals surface area contributed by atoms with Gasteiger partial charge < -0.3 is 15.0 Å². The lowest BCUT2D eigenvalue weighted by atomic mass is 9.93. The summed E-state index contributed by atoms with van der Waals surface area (Å²) in [6, 6.07) is 5.95. The Labute approximate surface area is 204 Å². The minimum atomic E-state index is -3.77. The number of hydrogen-bond acceptors (Lipinski definition) is 6. The zero-order valence-electron chi connectivity index (χ0n) is 21.3. The maximum absolute atomic E-state index is 13.1. The Hall–Kier alpha value is -2.13. The van der Waals surface area contributed by atoms with Crippen molar-refractivity contribution >= 4 is 22.1 Å². The molecular formula is C25H40N2O6S. The molecule has 192 valence electrons. The van der Waals surface area contributed by atoms with E-state index >= 15 is 0 Å². The molecule has 0 saturated carbocycles. The van der Waals surface area contributed by atoms with E-state index in [-0.39, 0.29) is 29.2 Å². The van der Waals surface area contributed by atoms with Crippen LogP contribution in [0.25, 0.3) is 0 Å². The van der Waals surface area contributed by atoms with Crippen molar-refractivity contribution < 1.29 is 26.9 Å².